The molecule has 1 N–H and O–H groups in total. The van der Waals surface area contributed by atoms with E-state index in [0.29, 0.717) is 23.9 Å². The summed E-state index contributed by atoms with van der Waals surface area (Å²) in [5, 5.41) is 11.2. The molecule has 8 heteroatoms. The van der Waals surface area contributed by atoms with Crippen LogP contribution in [0.25, 0.3) is 5.95 Å². The van der Waals surface area contributed by atoms with Crippen molar-refractivity contribution >= 4 is 11.4 Å². The molecule has 0 saturated heterocycles. The first-order valence-electron chi connectivity index (χ1n) is 8.28. The summed E-state index contributed by atoms with van der Waals surface area (Å²) in [4.78, 5) is 21.5. The lowest BCUT2D eigenvalue weighted by Crippen LogP contribution is -2.18. The zero-order valence-electron chi connectivity index (χ0n) is 15.1. The quantitative estimate of drug-likeness (QED) is 0.708. The summed E-state index contributed by atoms with van der Waals surface area (Å²) < 4.78 is 6.79. The second-order valence-electron chi connectivity index (χ2n) is 5.73. The van der Waals surface area contributed by atoms with Crippen molar-refractivity contribution in [3.8, 4) is 11.8 Å². The number of nitrogens with zero attached hydrogens (tertiary/aromatic N) is 5. The van der Waals surface area contributed by atoms with Crippen LogP contribution in [0.15, 0.2) is 45.4 Å². The number of nitrogens with one attached hydrogen (secondary N) is 1. The molecule has 0 fully saturated rings. The lowest BCUT2D eigenvalue weighted by molar-refractivity contribution is 0.322. The highest BCUT2D eigenvalue weighted by atomic mass is 16.5. The molecule has 0 bridgehead atoms. The predicted octanol–water partition coefficient (Wildman–Crippen LogP) is 3.69. The maximum Gasteiger partial charge on any atom is 0.301 e. The molecule has 8 nitrogen and oxygen atoms in total. The molecular weight excluding hydrogens is 332 g/mol. The summed E-state index contributed by atoms with van der Waals surface area (Å²) in [6.45, 7) is 7.84. The Morgan fingerprint density at radius 1 is 1.12 bits per heavy atom. The Morgan fingerprint density at radius 2 is 1.85 bits per heavy atom. The molecular formula is C18H20N6O2. The van der Waals surface area contributed by atoms with E-state index in [0.717, 1.165) is 11.3 Å². The van der Waals surface area contributed by atoms with Crippen LogP contribution in [0, 0.1) is 20.8 Å². The second-order valence-corrected chi connectivity index (χ2v) is 5.73. The molecule has 2 heterocycles. The Bertz CT molecular complexity index is 1000. The van der Waals surface area contributed by atoms with E-state index < -0.39 is 0 Å². The minimum atomic E-state index is -0.368. The summed E-state index contributed by atoms with van der Waals surface area (Å²) in [5.41, 5.74) is 2.68. The average molecular weight is 352 g/mol. The van der Waals surface area contributed by atoms with Crippen LogP contribution >= 0.6 is 0 Å². The van der Waals surface area contributed by atoms with Crippen molar-refractivity contribution in [1.29, 1.82) is 0 Å². The monoisotopic (exact) mass is 352 g/mol. The van der Waals surface area contributed by atoms with Crippen molar-refractivity contribution in [2.24, 2.45) is 10.2 Å². The van der Waals surface area contributed by atoms with Gasteiger partial charge in [-0.3, -0.25) is 9.89 Å². The fourth-order valence-electron chi connectivity index (χ4n) is 2.36. The highest BCUT2D eigenvalue weighted by molar-refractivity contribution is 5.43. The number of hydrogen-bond acceptors (Lipinski definition) is 6. The van der Waals surface area contributed by atoms with Crippen molar-refractivity contribution in [3.05, 3.63) is 57.6 Å². The third kappa shape index (κ3) is 3.39. The smallest absolute Gasteiger partial charge is 0.301 e. The predicted molar refractivity (Wildman–Crippen MR) is 98.0 cm³/mol. The highest BCUT2D eigenvalue weighted by Crippen LogP contribution is 2.21. The van der Waals surface area contributed by atoms with Gasteiger partial charge in [-0.25, -0.2) is 4.98 Å². The number of aromatic nitrogens is 4. The Kier molecular flexibility index (Phi) is 4.92. The van der Waals surface area contributed by atoms with Gasteiger partial charge < -0.3 is 4.74 Å². The van der Waals surface area contributed by atoms with Crippen LogP contribution in [-0.4, -0.2) is 26.4 Å². The fourth-order valence-corrected chi connectivity index (χ4v) is 2.36. The molecule has 134 valence electrons. The van der Waals surface area contributed by atoms with Crippen molar-refractivity contribution in [2.75, 3.05) is 6.61 Å². The lowest BCUT2D eigenvalue weighted by Gasteiger charge is -2.10. The lowest BCUT2D eigenvalue weighted by atomic mass is 10.2. The van der Waals surface area contributed by atoms with E-state index in [9.17, 15) is 4.79 Å². The normalized spacial score (nSPS) is 11.2. The Morgan fingerprint density at radius 3 is 2.54 bits per heavy atom. The fraction of sp³-hybridized carbons (Fsp3) is 0.278. The standard InChI is InChI=1S/C18H20N6O2/c1-5-26-16-11(2)12(3)19-18(20-16)24-17(25)15(13(4)23-24)22-21-14-9-7-6-8-10-14/h6-10,23H,5H2,1-4H3. The molecule has 26 heavy (non-hydrogen) atoms. The van der Waals surface area contributed by atoms with E-state index in [1.165, 1.54) is 4.68 Å². The van der Waals surface area contributed by atoms with Gasteiger partial charge >= 0.3 is 5.56 Å². The average Bonchev–Trinajstić information content (AvgIpc) is 2.92. The van der Waals surface area contributed by atoms with Crippen LogP contribution in [0.2, 0.25) is 0 Å². The molecule has 0 aliphatic rings. The van der Waals surface area contributed by atoms with Crippen molar-refractivity contribution in [2.45, 2.75) is 27.7 Å². The van der Waals surface area contributed by atoms with Crippen LogP contribution in [-0.2, 0) is 0 Å². The molecule has 3 aromatic rings. The van der Waals surface area contributed by atoms with Crippen LogP contribution in [0.3, 0.4) is 0 Å². The summed E-state index contributed by atoms with van der Waals surface area (Å²) in [6, 6.07) is 9.22. The van der Waals surface area contributed by atoms with Gasteiger partial charge in [0.2, 0.25) is 5.88 Å². The van der Waals surface area contributed by atoms with Gasteiger partial charge in [0, 0.05) is 11.3 Å². The van der Waals surface area contributed by atoms with Crippen LogP contribution in [0.4, 0.5) is 11.4 Å². The second kappa shape index (κ2) is 7.30. The first-order chi connectivity index (χ1) is 12.5. The number of H-pyrrole nitrogens is 1. The van der Waals surface area contributed by atoms with E-state index in [-0.39, 0.29) is 17.2 Å². The van der Waals surface area contributed by atoms with Crippen molar-refractivity contribution in [3.63, 3.8) is 0 Å². The summed E-state index contributed by atoms with van der Waals surface area (Å²) in [6.07, 6.45) is 0. The SMILES string of the molecule is CCOc1nc(-n2[nH]c(C)c(N=Nc3ccccc3)c2=O)nc(C)c1C. The number of azo groups is 1. The summed E-state index contributed by atoms with van der Waals surface area (Å²) in [7, 11) is 0. The molecule has 0 radical (unpaired) electrons. The molecule has 1 aromatic carbocycles. The van der Waals surface area contributed by atoms with E-state index in [4.69, 9.17) is 4.74 Å². The Hall–Kier alpha value is -3.29. The first kappa shape index (κ1) is 17.5. The number of aryl methyl sites for hydroxylation is 2. The van der Waals surface area contributed by atoms with Gasteiger partial charge in [-0.05, 0) is 39.8 Å². The molecule has 2 aromatic heterocycles. The minimum absolute atomic E-state index is 0.214. The largest absolute Gasteiger partial charge is 0.478 e. The maximum absolute atomic E-state index is 12.7. The van der Waals surface area contributed by atoms with Gasteiger partial charge in [0.1, 0.15) is 0 Å². The number of rotatable bonds is 5. The van der Waals surface area contributed by atoms with Crippen LogP contribution < -0.4 is 10.3 Å². The first-order valence-corrected chi connectivity index (χ1v) is 8.28. The Labute approximate surface area is 150 Å². The third-order valence-corrected chi connectivity index (χ3v) is 3.88. The molecule has 0 spiro atoms. The van der Waals surface area contributed by atoms with Gasteiger partial charge in [-0.2, -0.15) is 14.8 Å². The van der Waals surface area contributed by atoms with Gasteiger partial charge in [0.25, 0.3) is 5.95 Å². The number of aromatic amines is 1. The van der Waals surface area contributed by atoms with Gasteiger partial charge in [0.05, 0.1) is 18.0 Å². The topological polar surface area (TPSA) is 97.5 Å². The molecule has 0 atom stereocenters. The van der Waals surface area contributed by atoms with Crippen molar-refractivity contribution in [1.82, 2.24) is 19.7 Å². The molecule has 0 amide bonds. The van der Waals surface area contributed by atoms with E-state index >= 15 is 0 Å². The van der Waals surface area contributed by atoms with E-state index in [1.54, 1.807) is 6.92 Å². The molecule has 0 unspecified atom stereocenters. The van der Waals surface area contributed by atoms with E-state index in [2.05, 4.69) is 25.3 Å². The summed E-state index contributed by atoms with van der Waals surface area (Å²) in [5.74, 6) is 0.674. The number of hydrogen-bond donors (Lipinski definition) is 1. The van der Waals surface area contributed by atoms with Gasteiger partial charge in [-0.15, -0.1) is 5.11 Å². The van der Waals surface area contributed by atoms with Crippen LogP contribution in [0.1, 0.15) is 23.9 Å². The molecule has 0 aliphatic carbocycles. The maximum atomic E-state index is 12.7. The third-order valence-electron chi connectivity index (χ3n) is 3.88. The van der Waals surface area contributed by atoms with Crippen LogP contribution in [0.5, 0.6) is 5.88 Å². The zero-order chi connectivity index (χ0) is 18.7. The molecule has 3 rings (SSSR count). The van der Waals surface area contributed by atoms with Crippen molar-refractivity contribution < 1.29 is 4.74 Å². The van der Waals surface area contributed by atoms with Gasteiger partial charge in [0.15, 0.2) is 5.69 Å². The summed E-state index contributed by atoms with van der Waals surface area (Å²) >= 11 is 0. The van der Waals surface area contributed by atoms with E-state index in [1.807, 2.05) is 51.1 Å². The number of benzene rings is 1. The molecule has 0 saturated carbocycles. The highest BCUT2D eigenvalue weighted by Gasteiger charge is 2.17. The number of ether oxygens (including phenoxy) is 1. The Balaban J connectivity index is 2.03. The minimum Gasteiger partial charge on any atom is -0.478 e. The van der Waals surface area contributed by atoms with Gasteiger partial charge in [-0.1, -0.05) is 18.2 Å². The molecule has 0 aliphatic heterocycles. The zero-order valence-corrected chi connectivity index (χ0v) is 15.1.